The largest absolute Gasteiger partial charge is 0.491 e. The number of rotatable bonds is 8. The second kappa shape index (κ2) is 7.80. The van der Waals surface area contributed by atoms with Gasteiger partial charge >= 0.3 is 0 Å². The number of nitriles is 1. The van der Waals surface area contributed by atoms with E-state index in [0.29, 0.717) is 17.7 Å². The van der Waals surface area contributed by atoms with Gasteiger partial charge in [-0.3, -0.25) is 0 Å². The Bertz CT molecular complexity index is 532. The Labute approximate surface area is 114 Å². The Hall–Kier alpha value is -1.54. The van der Waals surface area contributed by atoms with Gasteiger partial charge in [0.2, 0.25) is 0 Å². The van der Waals surface area contributed by atoms with E-state index in [2.05, 4.69) is 0 Å². The molecule has 0 aliphatic carbocycles. The molecule has 19 heavy (non-hydrogen) atoms. The highest BCUT2D eigenvalue weighted by atomic mass is 32.2. The second-order valence-corrected chi connectivity index (χ2v) is 6.62. The monoisotopic (exact) mass is 281 g/mol. The van der Waals surface area contributed by atoms with Crippen LogP contribution in [-0.2, 0) is 9.84 Å². The molecule has 104 valence electrons. The highest BCUT2D eigenvalue weighted by Gasteiger charge is 2.11. The van der Waals surface area contributed by atoms with Crippen LogP contribution in [0.1, 0.15) is 31.7 Å². The molecule has 0 aromatic heterocycles. The summed E-state index contributed by atoms with van der Waals surface area (Å²) in [5.74, 6) is 0.648. The highest BCUT2D eigenvalue weighted by Crippen LogP contribution is 2.16. The van der Waals surface area contributed by atoms with E-state index in [-0.39, 0.29) is 18.1 Å². The summed E-state index contributed by atoms with van der Waals surface area (Å²) in [6.07, 6.45) is 2.63. The van der Waals surface area contributed by atoms with E-state index in [1.54, 1.807) is 24.3 Å². The minimum Gasteiger partial charge on any atom is -0.491 e. The molecule has 4 nitrogen and oxygen atoms in total. The molecule has 0 atom stereocenters. The van der Waals surface area contributed by atoms with Crippen molar-refractivity contribution >= 4 is 9.84 Å². The van der Waals surface area contributed by atoms with Gasteiger partial charge in [-0.05, 0) is 18.6 Å². The zero-order valence-corrected chi connectivity index (χ0v) is 11.9. The Morgan fingerprint density at radius 3 is 2.63 bits per heavy atom. The van der Waals surface area contributed by atoms with Crippen LogP contribution in [0.5, 0.6) is 5.75 Å². The first-order chi connectivity index (χ1) is 9.09. The quantitative estimate of drug-likeness (QED) is 0.687. The van der Waals surface area contributed by atoms with Crippen molar-refractivity contribution in [3.8, 4) is 11.8 Å². The van der Waals surface area contributed by atoms with Crippen LogP contribution in [0.4, 0.5) is 0 Å². The van der Waals surface area contributed by atoms with Gasteiger partial charge in [0.25, 0.3) is 0 Å². The van der Waals surface area contributed by atoms with Crippen molar-refractivity contribution in [2.24, 2.45) is 0 Å². The van der Waals surface area contributed by atoms with Crippen LogP contribution in [0.25, 0.3) is 0 Å². The number of benzene rings is 1. The van der Waals surface area contributed by atoms with Gasteiger partial charge in [0.05, 0.1) is 17.1 Å². The van der Waals surface area contributed by atoms with Gasteiger partial charge < -0.3 is 4.74 Å². The molecule has 0 N–H and O–H groups in total. The molecule has 0 radical (unpaired) electrons. The summed E-state index contributed by atoms with van der Waals surface area (Å²) in [7, 11) is -3.05. The van der Waals surface area contributed by atoms with Crippen molar-refractivity contribution in [2.45, 2.75) is 26.2 Å². The van der Waals surface area contributed by atoms with Crippen molar-refractivity contribution in [2.75, 3.05) is 18.1 Å². The van der Waals surface area contributed by atoms with Gasteiger partial charge in [-0.25, -0.2) is 8.42 Å². The summed E-state index contributed by atoms with van der Waals surface area (Å²) in [5.41, 5.74) is 0.422. The Morgan fingerprint density at radius 2 is 1.95 bits per heavy atom. The van der Waals surface area contributed by atoms with E-state index in [1.807, 2.05) is 13.0 Å². The average molecular weight is 281 g/mol. The number of hydrogen-bond acceptors (Lipinski definition) is 4. The van der Waals surface area contributed by atoms with Crippen molar-refractivity contribution in [3.05, 3.63) is 29.8 Å². The lowest BCUT2D eigenvalue weighted by molar-refractivity contribution is 0.340. The van der Waals surface area contributed by atoms with E-state index in [1.165, 1.54) is 0 Å². The zero-order valence-electron chi connectivity index (χ0n) is 11.1. The molecule has 0 spiro atoms. The van der Waals surface area contributed by atoms with Crippen molar-refractivity contribution < 1.29 is 13.2 Å². The van der Waals surface area contributed by atoms with Crippen molar-refractivity contribution in [3.63, 3.8) is 0 Å². The summed E-state index contributed by atoms with van der Waals surface area (Å²) in [6.45, 7) is 2.13. The predicted octanol–water partition coefficient (Wildman–Crippen LogP) is 2.54. The number of nitrogens with zero attached hydrogens (tertiary/aromatic N) is 1. The molecular weight excluding hydrogens is 262 g/mol. The van der Waals surface area contributed by atoms with E-state index >= 15 is 0 Å². The summed E-state index contributed by atoms with van der Waals surface area (Å²) in [5, 5.41) is 8.87. The molecule has 5 heteroatoms. The first-order valence-electron chi connectivity index (χ1n) is 6.41. The van der Waals surface area contributed by atoms with Gasteiger partial charge in [0.15, 0.2) is 9.84 Å². The van der Waals surface area contributed by atoms with Crippen molar-refractivity contribution in [1.82, 2.24) is 0 Å². The van der Waals surface area contributed by atoms with Crippen LogP contribution >= 0.6 is 0 Å². The number of hydrogen-bond donors (Lipinski definition) is 0. The summed E-state index contributed by atoms with van der Waals surface area (Å²) in [6, 6.07) is 8.82. The molecule has 1 aromatic carbocycles. The molecule has 0 saturated heterocycles. The maximum atomic E-state index is 11.7. The van der Waals surface area contributed by atoms with Crippen molar-refractivity contribution in [1.29, 1.82) is 5.26 Å². The van der Waals surface area contributed by atoms with Crippen LogP contribution in [0, 0.1) is 11.3 Å². The fourth-order valence-electron chi connectivity index (χ4n) is 1.64. The maximum absolute atomic E-state index is 11.7. The van der Waals surface area contributed by atoms with E-state index in [0.717, 1.165) is 12.8 Å². The van der Waals surface area contributed by atoms with Crippen LogP contribution in [-0.4, -0.2) is 26.5 Å². The van der Waals surface area contributed by atoms with Crippen LogP contribution in [0.15, 0.2) is 24.3 Å². The molecule has 0 amide bonds. The highest BCUT2D eigenvalue weighted by molar-refractivity contribution is 7.91. The minimum atomic E-state index is -3.05. The molecule has 0 aliphatic rings. The number of sulfone groups is 1. The van der Waals surface area contributed by atoms with E-state index in [9.17, 15) is 8.42 Å². The van der Waals surface area contributed by atoms with Gasteiger partial charge in [-0.2, -0.15) is 5.26 Å². The first-order valence-corrected chi connectivity index (χ1v) is 8.23. The Kier molecular flexibility index (Phi) is 6.37. The molecule has 0 heterocycles. The average Bonchev–Trinajstić information content (AvgIpc) is 2.39. The second-order valence-electron chi connectivity index (χ2n) is 4.32. The molecule has 0 saturated carbocycles. The van der Waals surface area contributed by atoms with Crippen LogP contribution in [0.2, 0.25) is 0 Å². The fourth-order valence-corrected chi connectivity index (χ4v) is 2.82. The summed E-state index contributed by atoms with van der Waals surface area (Å²) >= 11 is 0. The maximum Gasteiger partial charge on any atom is 0.153 e. The van der Waals surface area contributed by atoms with Gasteiger partial charge in [-0.1, -0.05) is 31.9 Å². The standard InChI is InChI=1S/C14H19NO3S/c1-2-3-6-10-19(16,17)11-9-18-14-8-5-4-7-13(14)12-15/h4-5,7-8H,2-3,6,9-11H2,1H3. The lowest BCUT2D eigenvalue weighted by Gasteiger charge is -2.08. The van der Waals surface area contributed by atoms with Gasteiger partial charge in [-0.15, -0.1) is 0 Å². The van der Waals surface area contributed by atoms with E-state index < -0.39 is 9.84 Å². The third kappa shape index (κ3) is 5.75. The number of unbranched alkanes of at least 4 members (excludes halogenated alkanes) is 2. The van der Waals surface area contributed by atoms with Gasteiger partial charge in [0, 0.05) is 0 Å². The molecule has 0 aliphatic heterocycles. The molecule has 0 unspecified atom stereocenters. The molecule has 0 fully saturated rings. The molecule has 0 bridgehead atoms. The lowest BCUT2D eigenvalue weighted by atomic mass is 10.2. The number of para-hydroxylation sites is 1. The summed E-state index contributed by atoms with van der Waals surface area (Å²) in [4.78, 5) is 0. The zero-order chi connectivity index (χ0) is 14.1. The topological polar surface area (TPSA) is 67.2 Å². The molecular formula is C14H19NO3S. The third-order valence-electron chi connectivity index (χ3n) is 2.72. The third-order valence-corrected chi connectivity index (χ3v) is 4.42. The smallest absolute Gasteiger partial charge is 0.153 e. The van der Waals surface area contributed by atoms with Crippen LogP contribution < -0.4 is 4.74 Å². The lowest BCUT2D eigenvalue weighted by Crippen LogP contribution is -2.17. The SMILES string of the molecule is CCCCCS(=O)(=O)CCOc1ccccc1C#N. The fraction of sp³-hybridized carbons (Fsp3) is 0.500. The predicted molar refractivity (Wildman–Crippen MR) is 74.8 cm³/mol. The number of ether oxygens (including phenoxy) is 1. The molecule has 1 rings (SSSR count). The first kappa shape index (κ1) is 15.5. The van der Waals surface area contributed by atoms with E-state index in [4.69, 9.17) is 10.00 Å². The summed E-state index contributed by atoms with van der Waals surface area (Å²) < 4.78 is 28.8. The minimum absolute atomic E-state index is 0.00349. The normalized spacial score (nSPS) is 10.9. The Balaban J connectivity index is 2.44. The van der Waals surface area contributed by atoms with Crippen LogP contribution in [0.3, 0.4) is 0 Å². The Morgan fingerprint density at radius 1 is 1.21 bits per heavy atom. The van der Waals surface area contributed by atoms with Gasteiger partial charge in [0.1, 0.15) is 18.4 Å². The molecule has 1 aromatic rings.